The lowest BCUT2D eigenvalue weighted by Crippen LogP contribution is -2.45. The van der Waals surface area contributed by atoms with Gasteiger partial charge < -0.3 is 16.0 Å². The van der Waals surface area contributed by atoms with E-state index in [0.717, 1.165) is 18.7 Å². The van der Waals surface area contributed by atoms with Crippen molar-refractivity contribution in [2.75, 3.05) is 13.1 Å². The molecule has 1 aliphatic carbocycles. The Balaban J connectivity index is 1.52. The van der Waals surface area contributed by atoms with Crippen molar-refractivity contribution in [3.63, 3.8) is 0 Å². The lowest BCUT2D eigenvalue weighted by atomic mass is 9.66. The van der Waals surface area contributed by atoms with Crippen molar-refractivity contribution in [1.82, 2.24) is 20.0 Å². The summed E-state index contributed by atoms with van der Waals surface area (Å²) in [6.45, 7) is 4.91. The molecule has 1 aromatic heterocycles. The number of hydrogen-bond donors (Lipinski definition) is 2. The number of carbonyl (C=O) groups is 1. The summed E-state index contributed by atoms with van der Waals surface area (Å²) >= 11 is 0. The molecule has 1 spiro atoms. The van der Waals surface area contributed by atoms with Crippen LogP contribution in [0.15, 0.2) is 12.4 Å². The van der Waals surface area contributed by atoms with Crippen LogP contribution in [0.25, 0.3) is 0 Å². The largest absolute Gasteiger partial charge is 0.334 e. The molecule has 1 atom stereocenters. The monoisotopic (exact) mass is 277 g/mol. The van der Waals surface area contributed by atoms with E-state index in [0.29, 0.717) is 13.1 Å². The molecule has 3 rings (SSSR count). The van der Waals surface area contributed by atoms with Crippen molar-refractivity contribution in [2.45, 2.75) is 45.3 Å². The van der Waals surface area contributed by atoms with Gasteiger partial charge in [0, 0.05) is 49.4 Å². The maximum atomic E-state index is 12.2. The van der Waals surface area contributed by atoms with E-state index in [1.165, 1.54) is 19.3 Å². The number of nitrogens with zero attached hydrogens (tertiary/aromatic N) is 3. The highest BCUT2D eigenvalue weighted by Crippen LogP contribution is 2.47. The van der Waals surface area contributed by atoms with Gasteiger partial charge in [0.1, 0.15) is 0 Å². The van der Waals surface area contributed by atoms with Crippen molar-refractivity contribution >= 4 is 6.03 Å². The molecule has 0 radical (unpaired) electrons. The van der Waals surface area contributed by atoms with E-state index in [1.807, 2.05) is 22.7 Å². The first kappa shape index (κ1) is 13.4. The van der Waals surface area contributed by atoms with E-state index in [1.54, 1.807) is 6.20 Å². The van der Waals surface area contributed by atoms with Crippen LogP contribution in [0.1, 0.15) is 31.7 Å². The van der Waals surface area contributed by atoms with Crippen molar-refractivity contribution in [2.24, 2.45) is 11.1 Å². The summed E-state index contributed by atoms with van der Waals surface area (Å²) in [6.07, 6.45) is 7.35. The van der Waals surface area contributed by atoms with Crippen molar-refractivity contribution in [3.05, 3.63) is 18.0 Å². The second-order valence-corrected chi connectivity index (χ2v) is 6.07. The van der Waals surface area contributed by atoms with Crippen molar-refractivity contribution in [3.8, 4) is 0 Å². The molecular formula is C14H23N5O. The average Bonchev–Trinajstić information content (AvgIpc) is 2.99. The van der Waals surface area contributed by atoms with Gasteiger partial charge in [-0.25, -0.2) is 4.79 Å². The number of rotatable bonds is 3. The van der Waals surface area contributed by atoms with Gasteiger partial charge in [0.2, 0.25) is 0 Å². The van der Waals surface area contributed by atoms with Crippen LogP contribution in [0.3, 0.4) is 0 Å². The number of aryl methyl sites for hydroxylation is 1. The number of nitrogens with one attached hydrogen (secondary N) is 1. The molecule has 2 fully saturated rings. The summed E-state index contributed by atoms with van der Waals surface area (Å²) in [4.78, 5) is 14.1. The fourth-order valence-corrected chi connectivity index (χ4v) is 3.27. The summed E-state index contributed by atoms with van der Waals surface area (Å²) < 4.78 is 1.86. The second-order valence-electron chi connectivity index (χ2n) is 6.07. The molecule has 1 saturated carbocycles. The normalized spacial score (nSPS) is 23.9. The predicted molar refractivity (Wildman–Crippen MR) is 76.0 cm³/mol. The fraction of sp³-hybridized carbons (Fsp3) is 0.714. The number of nitrogens with two attached hydrogens (primary N) is 1. The van der Waals surface area contributed by atoms with E-state index in [4.69, 9.17) is 5.73 Å². The number of carbonyl (C=O) groups excluding carboxylic acids is 1. The van der Waals surface area contributed by atoms with Crippen molar-refractivity contribution in [1.29, 1.82) is 0 Å². The summed E-state index contributed by atoms with van der Waals surface area (Å²) in [5, 5.41) is 7.16. The summed E-state index contributed by atoms with van der Waals surface area (Å²) in [5.74, 6) is 0. The van der Waals surface area contributed by atoms with Gasteiger partial charge in [0.25, 0.3) is 0 Å². The van der Waals surface area contributed by atoms with E-state index in [-0.39, 0.29) is 17.5 Å². The number of hydrogen-bond acceptors (Lipinski definition) is 3. The number of amides is 2. The predicted octanol–water partition coefficient (Wildman–Crippen LogP) is 0.926. The standard InChI is InChI=1S/C14H23N5O/c1-2-19-8-11(7-17-19)6-16-13(20)18-9-12(15)14(10-18)4-3-5-14/h7-8,12H,2-6,9-10,15H2,1H3,(H,16,20). The molecule has 6 nitrogen and oxygen atoms in total. The smallest absolute Gasteiger partial charge is 0.317 e. The van der Waals surface area contributed by atoms with Gasteiger partial charge in [-0.1, -0.05) is 6.42 Å². The Morgan fingerprint density at radius 3 is 2.95 bits per heavy atom. The number of aromatic nitrogens is 2. The first-order chi connectivity index (χ1) is 9.63. The van der Waals surface area contributed by atoms with Gasteiger partial charge >= 0.3 is 6.03 Å². The van der Waals surface area contributed by atoms with Crippen LogP contribution in [0.4, 0.5) is 4.79 Å². The third-order valence-corrected chi connectivity index (χ3v) is 4.80. The van der Waals surface area contributed by atoms with Crippen LogP contribution >= 0.6 is 0 Å². The van der Waals surface area contributed by atoms with E-state index < -0.39 is 0 Å². The zero-order chi connectivity index (χ0) is 14.2. The van der Waals surface area contributed by atoms with Gasteiger partial charge in [0.05, 0.1) is 6.20 Å². The minimum atomic E-state index is -0.00604. The lowest BCUT2D eigenvalue weighted by molar-refractivity contribution is 0.125. The van der Waals surface area contributed by atoms with Crippen LogP contribution < -0.4 is 11.1 Å². The molecule has 20 heavy (non-hydrogen) atoms. The van der Waals surface area contributed by atoms with Crippen LogP contribution in [-0.2, 0) is 13.1 Å². The Morgan fingerprint density at radius 1 is 1.60 bits per heavy atom. The molecule has 1 aliphatic heterocycles. The Hall–Kier alpha value is -1.56. The Kier molecular flexibility index (Phi) is 3.41. The SMILES string of the molecule is CCn1cc(CNC(=O)N2CC(N)C3(CCC3)C2)cn1. The van der Waals surface area contributed by atoms with Gasteiger partial charge in [-0.05, 0) is 19.8 Å². The molecule has 0 bridgehead atoms. The molecule has 1 saturated heterocycles. The molecule has 6 heteroatoms. The fourth-order valence-electron chi connectivity index (χ4n) is 3.27. The first-order valence-corrected chi connectivity index (χ1v) is 7.43. The molecule has 110 valence electrons. The van der Waals surface area contributed by atoms with Crippen LogP contribution in [0, 0.1) is 5.41 Å². The molecule has 2 aliphatic rings. The van der Waals surface area contributed by atoms with Crippen LogP contribution in [0.2, 0.25) is 0 Å². The Labute approximate surface area is 119 Å². The minimum absolute atomic E-state index is 0.00604. The Bertz CT molecular complexity index is 494. The molecule has 3 N–H and O–H groups in total. The molecule has 1 aromatic rings. The highest BCUT2D eigenvalue weighted by Gasteiger charge is 2.49. The maximum Gasteiger partial charge on any atom is 0.317 e. The number of urea groups is 1. The van der Waals surface area contributed by atoms with Crippen LogP contribution in [0.5, 0.6) is 0 Å². The third-order valence-electron chi connectivity index (χ3n) is 4.80. The second kappa shape index (κ2) is 5.09. The van der Waals surface area contributed by atoms with Gasteiger partial charge in [0.15, 0.2) is 0 Å². The quantitative estimate of drug-likeness (QED) is 0.863. The zero-order valence-electron chi connectivity index (χ0n) is 12.0. The molecule has 0 aromatic carbocycles. The Morgan fingerprint density at radius 2 is 2.40 bits per heavy atom. The van der Waals surface area contributed by atoms with E-state index >= 15 is 0 Å². The third kappa shape index (κ3) is 2.28. The highest BCUT2D eigenvalue weighted by atomic mass is 16.2. The summed E-state index contributed by atoms with van der Waals surface area (Å²) in [5.41, 5.74) is 7.44. The minimum Gasteiger partial charge on any atom is -0.334 e. The topological polar surface area (TPSA) is 76.2 Å². The molecule has 2 heterocycles. The van der Waals surface area contributed by atoms with Gasteiger partial charge in [-0.2, -0.15) is 5.10 Å². The number of likely N-dealkylation sites (tertiary alicyclic amines) is 1. The molecule has 2 amide bonds. The van der Waals surface area contributed by atoms with Crippen LogP contribution in [-0.4, -0.2) is 39.8 Å². The summed E-state index contributed by atoms with van der Waals surface area (Å²) in [7, 11) is 0. The average molecular weight is 277 g/mol. The van der Waals surface area contributed by atoms with E-state index in [2.05, 4.69) is 10.4 Å². The molecule has 1 unspecified atom stereocenters. The van der Waals surface area contributed by atoms with Gasteiger partial charge in [-0.15, -0.1) is 0 Å². The van der Waals surface area contributed by atoms with Crippen molar-refractivity contribution < 1.29 is 4.79 Å². The lowest BCUT2D eigenvalue weighted by Gasteiger charge is -2.41. The highest BCUT2D eigenvalue weighted by molar-refractivity contribution is 5.74. The first-order valence-electron chi connectivity index (χ1n) is 7.43. The van der Waals surface area contributed by atoms with E-state index in [9.17, 15) is 4.79 Å². The molecular weight excluding hydrogens is 254 g/mol. The zero-order valence-corrected chi connectivity index (χ0v) is 12.0. The summed E-state index contributed by atoms with van der Waals surface area (Å²) in [6, 6.07) is 0.137. The maximum absolute atomic E-state index is 12.2. The van der Waals surface area contributed by atoms with Gasteiger partial charge in [-0.3, -0.25) is 4.68 Å².